The molecule has 0 atom stereocenters. The highest BCUT2D eigenvalue weighted by Gasteiger charge is 2.28. The van der Waals surface area contributed by atoms with Gasteiger partial charge in [-0.1, -0.05) is 6.42 Å². The molecule has 0 bridgehead atoms. The molecule has 0 aromatic heterocycles. The van der Waals surface area contributed by atoms with E-state index in [1.54, 1.807) is 17.8 Å². The predicted molar refractivity (Wildman–Crippen MR) is 62.5 cm³/mol. The second-order valence-electron chi connectivity index (χ2n) is 4.49. The van der Waals surface area contributed by atoms with Crippen LogP contribution in [0.2, 0.25) is 0 Å². The minimum Gasteiger partial charge on any atom is -0.294 e. The van der Waals surface area contributed by atoms with Crippen molar-refractivity contribution in [1.29, 1.82) is 0 Å². The van der Waals surface area contributed by atoms with Gasteiger partial charge in [0.05, 0.1) is 0 Å². The third kappa shape index (κ3) is 1.58. The van der Waals surface area contributed by atoms with Gasteiger partial charge in [0.2, 0.25) is 0 Å². The molecule has 0 saturated heterocycles. The van der Waals surface area contributed by atoms with Gasteiger partial charge in [0.15, 0.2) is 5.78 Å². The number of carbonyl (C=O) groups is 1. The number of thioether (sulfide) groups is 1. The molecule has 0 aliphatic heterocycles. The largest absolute Gasteiger partial charge is 0.294 e. The Morgan fingerprint density at radius 1 is 1.25 bits per heavy atom. The van der Waals surface area contributed by atoms with Gasteiger partial charge in [-0.25, -0.2) is 4.39 Å². The monoisotopic (exact) mass is 236 g/mol. The zero-order valence-corrected chi connectivity index (χ0v) is 9.78. The van der Waals surface area contributed by atoms with E-state index in [1.165, 1.54) is 25.3 Å². The third-order valence-corrected chi connectivity index (χ3v) is 4.84. The third-order valence-electron chi connectivity index (χ3n) is 3.44. The van der Waals surface area contributed by atoms with E-state index in [0.29, 0.717) is 29.2 Å². The van der Waals surface area contributed by atoms with Crippen molar-refractivity contribution in [3.63, 3.8) is 0 Å². The Balaban J connectivity index is 1.98. The zero-order chi connectivity index (χ0) is 11.1. The van der Waals surface area contributed by atoms with Crippen molar-refractivity contribution in [2.75, 3.05) is 0 Å². The highest BCUT2D eigenvalue weighted by Crippen LogP contribution is 2.41. The van der Waals surface area contributed by atoms with Gasteiger partial charge in [-0.05, 0) is 31.4 Å². The number of hydrogen-bond acceptors (Lipinski definition) is 2. The number of Topliss-reactive ketones (excluding diaryl/α,β-unsaturated/α-hetero) is 1. The first kappa shape index (κ1) is 10.3. The molecule has 1 fully saturated rings. The molecule has 1 saturated carbocycles. The molecule has 84 valence electrons. The Hall–Kier alpha value is -0.830. The van der Waals surface area contributed by atoms with E-state index < -0.39 is 0 Å². The fourth-order valence-corrected chi connectivity index (χ4v) is 3.71. The molecule has 3 rings (SSSR count). The summed E-state index contributed by atoms with van der Waals surface area (Å²) >= 11 is 1.76. The summed E-state index contributed by atoms with van der Waals surface area (Å²) < 4.78 is 13.5. The normalized spacial score (nSPS) is 19.7. The molecule has 1 nitrogen and oxygen atoms in total. The minimum atomic E-state index is -0.209. The van der Waals surface area contributed by atoms with Gasteiger partial charge in [0.1, 0.15) is 5.82 Å². The fraction of sp³-hybridized carbons (Fsp3) is 0.462. The van der Waals surface area contributed by atoms with Gasteiger partial charge in [0.25, 0.3) is 0 Å². The van der Waals surface area contributed by atoms with Gasteiger partial charge < -0.3 is 0 Å². The molecule has 3 heteroatoms. The summed E-state index contributed by atoms with van der Waals surface area (Å²) in [6, 6.07) is 3.29. The Kier molecular flexibility index (Phi) is 2.51. The SMILES string of the molecule is O=C1CCc2c(F)ccc(SC3CCC3)c21. The first-order valence-electron chi connectivity index (χ1n) is 5.77. The van der Waals surface area contributed by atoms with Crippen molar-refractivity contribution >= 4 is 17.5 Å². The molecule has 2 aliphatic rings. The topological polar surface area (TPSA) is 17.1 Å². The Morgan fingerprint density at radius 2 is 2.06 bits per heavy atom. The number of rotatable bonds is 2. The van der Waals surface area contributed by atoms with Crippen LogP contribution >= 0.6 is 11.8 Å². The highest BCUT2D eigenvalue weighted by molar-refractivity contribution is 8.00. The van der Waals surface area contributed by atoms with Crippen molar-refractivity contribution in [1.82, 2.24) is 0 Å². The average Bonchev–Trinajstić information content (AvgIpc) is 2.59. The second kappa shape index (κ2) is 3.88. The molecule has 16 heavy (non-hydrogen) atoms. The van der Waals surface area contributed by atoms with Crippen molar-refractivity contribution in [2.24, 2.45) is 0 Å². The zero-order valence-electron chi connectivity index (χ0n) is 8.96. The summed E-state index contributed by atoms with van der Waals surface area (Å²) in [4.78, 5) is 12.7. The second-order valence-corrected chi connectivity index (χ2v) is 5.84. The number of hydrogen-bond donors (Lipinski definition) is 0. The van der Waals surface area contributed by atoms with Crippen LogP contribution in [-0.4, -0.2) is 11.0 Å². The first-order chi connectivity index (χ1) is 7.75. The predicted octanol–water partition coefficient (Wildman–Crippen LogP) is 3.60. The molecular weight excluding hydrogens is 223 g/mol. The molecule has 0 heterocycles. The van der Waals surface area contributed by atoms with Crippen molar-refractivity contribution in [3.05, 3.63) is 29.1 Å². The van der Waals surface area contributed by atoms with Crippen molar-refractivity contribution < 1.29 is 9.18 Å². The van der Waals surface area contributed by atoms with E-state index in [1.807, 2.05) is 0 Å². The number of halogens is 1. The number of fused-ring (bicyclic) bond motifs is 1. The quantitative estimate of drug-likeness (QED) is 0.780. The van der Waals surface area contributed by atoms with E-state index in [4.69, 9.17) is 0 Å². The molecule has 0 amide bonds. The lowest BCUT2D eigenvalue weighted by Gasteiger charge is -2.25. The Morgan fingerprint density at radius 3 is 2.75 bits per heavy atom. The van der Waals surface area contributed by atoms with Crippen LogP contribution < -0.4 is 0 Å². The smallest absolute Gasteiger partial charge is 0.164 e. The summed E-state index contributed by atoms with van der Waals surface area (Å²) in [5, 5.41) is 0.642. The summed E-state index contributed by atoms with van der Waals surface area (Å²) in [6.07, 6.45) is 4.80. The van der Waals surface area contributed by atoms with E-state index in [-0.39, 0.29) is 11.6 Å². The van der Waals surface area contributed by atoms with Gasteiger partial charge in [-0.2, -0.15) is 0 Å². The fourth-order valence-electron chi connectivity index (χ4n) is 2.28. The molecule has 1 aromatic carbocycles. The van der Waals surface area contributed by atoms with Crippen LogP contribution in [0.3, 0.4) is 0 Å². The summed E-state index contributed by atoms with van der Waals surface area (Å²) in [7, 11) is 0. The van der Waals surface area contributed by atoms with E-state index >= 15 is 0 Å². The van der Waals surface area contributed by atoms with Crippen LogP contribution in [0.15, 0.2) is 17.0 Å². The van der Waals surface area contributed by atoms with Crippen LogP contribution in [-0.2, 0) is 6.42 Å². The summed E-state index contributed by atoms with van der Waals surface area (Å²) in [5.74, 6) is -0.0878. The van der Waals surface area contributed by atoms with Crippen LogP contribution in [0.5, 0.6) is 0 Å². The summed E-state index contributed by atoms with van der Waals surface area (Å²) in [6.45, 7) is 0. The van der Waals surface area contributed by atoms with Gasteiger partial charge in [-0.3, -0.25) is 4.79 Å². The standard InChI is InChI=1S/C13H13FOS/c14-10-5-7-12(16-8-2-1-3-8)13-9(10)4-6-11(13)15/h5,7-8H,1-4,6H2. The van der Waals surface area contributed by atoms with Crippen LogP contribution in [0.4, 0.5) is 4.39 Å². The Bertz CT molecular complexity index is 451. The number of ketones is 1. The summed E-state index contributed by atoms with van der Waals surface area (Å²) in [5.41, 5.74) is 1.33. The molecule has 0 N–H and O–H groups in total. The molecule has 2 aliphatic carbocycles. The van der Waals surface area contributed by atoms with Crippen molar-refractivity contribution in [3.8, 4) is 0 Å². The molecular formula is C13H13FOS. The maximum absolute atomic E-state index is 13.5. The number of carbonyl (C=O) groups excluding carboxylic acids is 1. The molecule has 0 unspecified atom stereocenters. The van der Waals surface area contributed by atoms with Gasteiger partial charge >= 0.3 is 0 Å². The molecule has 0 radical (unpaired) electrons. The van der Waals surface area contributed by atoms with Gasteiger partial charge in [0, 0.05) is 27.7 Å². The van der Waals surface area contributed by atoms with Crippen molar-refractivity contribution in [2.45, 2.75) is 42.2 Å². The maximum atomic E-state index is 13.5. The lowest BCUT2D eigenvalue weighted by atomic mass is 10.00. The van der Waals surface area contributed by atoms with Crippen LogP contribution in [0, 0.1) is 5.82 Å². The van der Waals surface area contributed by atoms with E-state index in [2.05, 4.69) is 0 Å². The Labute approximate surface area is 98.4 Å². The van der Waals surface area contributed by atoms with Crippen LogP contribution in [0.1, 0.15) is 41.6 Å². The number of benzene rings is 1. The lowest BCUT2D eigenvalue weighted by molar-refractivity contribution is 0.0992. The minimum absolute atomic E-state index is 0.122. The molecule has 1 aromatic rings. The average molecular weight is 236 g/mol. The highest BCUT2D eigenvalue weighted by atomic mass is 32.2. The first-order valence-corrected chi connectivity index (χ1v) is 6.65. The van der Waals surface area contributed by atoms with E-state index in [9.17, 15) is 9.18 Å². The van der Waals surface area contributed by atoms with E-state index in [0.717, 1.165) is 4.90 Å². The molecule has 0 spiro atoms. The van der Waals surface area contributed by atoms with Gasteiger partial charge in [-0.15, -0.1) is 11.8 Å². The maximum Gasteiger partial charge on any atom is 0.164 e. The lowest BCUT2D eigenvalue weighted by Crippen LogP contribution is -2.13. The van der Waals surface area contributed by atoms with Crippen LogP contribution in [0.25, 0.3) is 0 Å².